The zero-order valence-electron chi connectivity index (χ0n) is 11.2. The Kier molecular flexibility index (Phi) is 4.42. The van der Waals surface area contributed by atoms with Crippen molar-refractivity contribution in [3.8, 4) is 17.2 Å². The van der Waals surface area contributed by atoms with Gasteiger partial charge in [0.05, 0.1) is 13.2 Å². The summed E-state index contributed by atoms with van der Waals surface area (Å²) in [5, 5.41) is 9.38. The summed E-state index contributed by atoms with van der Waals surface area (Å²) in [6.07, 6.45) is 0. The molecule has 0 aliphatic heterocycles. The van der Waals surface area contributed by atoms with Gasteiger partial charge in [-0.2, -0.15) is 0 Å². The summed E-state index contributed by atoms with van der Waals surface area (Å²) in [6, 6.07) is 13.3. The first kappa shape index (κ1) is 13.4. The van der Waals surface area contributed by atoms with Gasteiger partial charge in [-0.25, -0.2) is 0 Å². The molecule has 0 fully saturated rings. The van der Waals surface area contributed by atoms with Crippen molar-refractivity contribution in [3.05, 3.63) is 53.6 Å². The van der Waals surface area contributed by atoms with Crippen molar-refractivity contribution in [2.24, 2.45) is 0 Å². The van der Waals surface area contributed by atoms with Gasteiger partial charge in [0.2, 0.25) is 0 Å². The van der Waals surface area contributed by atoms with Gasteiger partial charge in [0, 0.05) is 5.56 Å². The Labute approximate surface area is 113 Å². The summed E-state index contributed by atoms with van der Waals surface area (Å²) in [6.45, 7) is 4.45. The molecule has 1 N–H and O–H groups in total. The van der Waals surface area contributed by atoms with Gasteiger partial charge >= 0.3 is 0 Å². The fourth-order valence-electron chi connectivity index (χ4n) is 1.86. The van der Waals surface area contributed by atoms with E-state index in [1.165, 1.54) is 0 Å². The fourth-order valence-corrected chi connectivity index (χ4v) is 1.86. The second-order valence-electron chi connectivity index (χ2n) is 4.25. The lowest BCUT2D eigenvalue weighted by Crippen LogP contribution is -1.97. The van der Waals surface area contributed by atoms with Crippen molar-refractivity contribution in [1.82, 2.24) is 0 Å². The molecular weight excluding hydrogens is 240 g/mol. The molecule has 0 spiro atoms. The van der Waals surface area contributed by atoms with Crippen molar-refractivity contribution < 1.29 is 14.6 Å². The van der Waals surface area contributed by atoms with Crippen molar-refractivity contribution in [3.63, 3.8) is 0 Å². The molecule has 0 aromatic heterocycles. The average molecular weight is 258 g/mol. The van der Waals surface area contributed by atoms with Gasteiger partial charge in [0.1, 0.15) is 5.75 Å². The number of para-hydroxylation sites is 2. The molecule has 0 radical (unpaired) electrons. The van der Waals surface area contributed by atoms with Crippen LogP contribution in [0.4, 0.5) is 0 Å². The Balaban J connectivity index is 2.30. The highest BCUT2D eigenvalue weighted by molar-refractivity contribution is 5.45. The molecule has 0 saturated heterocycles. The monoisotopic (exact) mass is 258 g/mol. The predicted octanol–water partition coefficient (Wildman–Crippen LogP) is 3.68. The van der Waals surface area contributed by atoms with Crippen LogP contribution in [0, 0.1) is 6.92 Å². The molecule has 0 aliphatic carbocycles. The minimum absolute atomic E-state index is 0.0478. The first-order valence-corrected chi connectivity index (χ1v) is 6.34. The van der Waals surface area contributed by atoms with Gasteiger partial charge in [-0.3, -0.25) is 0 Å². The zero-order chi connectivity index (χ0) is 13.7. The van der Waals surface area contributed by atoms with E-state index in [-0.39, 0.29) is 6.61 Å². The van der Waals surface area contributed by atoms with Gasteiger partial charge in [0.15, 0.2) is 11.5 Å². The van der Waals surface area contributed by atoms with Crippen LogP contribution in [0.25, 0.3) is 0 Å². The highest BCUT2D eigenvalue weighted by atomic mass is 16.5. The van der Waals surface area contributed by atoms with Crippen LogP contribution in [0.5, 0.6) is 17.2 Å². The first-order valence-electron chi connectivity index (χ1n) is 6.34. The number of rotatable bonds is 5. The summed E-state index contributed by atoms with van der Waals surface area (Å²) < 4.78 is 11.4. The highest BCUT2D eigenvalue weighted by Crippen LogP contribution is 2.33. The molecule has 3 heteroatoms. The van der Waals surface area contributed by atoms with Gasteiger partial charge in [-0.15, -0.1) is 0 Å². The third kappa shape index (κ3) is 3.26. The molecule has 0 unspecified atom stereocenters. The molecule has 3 nitrogen and oxygen atoms in total. The topological polar surface area (TPSA) is 38.7 Å². The predicted molar refractivity (Wildman–Crippen MR) is 74.8 cm³/mol. The second kappa shape index (κ2) is 6.25. The van der Waals surface area contributed by atoms with Gasteiger partial charge < -0.3 is 14.6 Å². The fraction of sp³-hybridized carbons (Fsp3) is 0.250. The van der Waals surface area contributed by atoms with E-state index >= 15 is 0 Å². The number of aliphatic hydroxyl groups excluding tert-OH is 1. The summed E-state index contributed by atoms with van der Waals surface area (Å²) in [5.41, 5.74) is 1.86. The number of aliphatic hydroxyl groups is 1. The molecule has 0 bridgehead atoms. The minimum Gasteiger partial charge on any atom is -0.490 e. The van der Waals surface area contributed by atoms with E-state index in [2.05, 4.69) is 0 Å². The molecule has 100 valence electrons. The van der Waals surface area contributed by atoms with Crippen LogP contribution >= 0.6 is 0 Å². The molecule has 2 aromatic carbocycles. The standard InChI is InChI=1S/C16H18O3/c1-3-18-15-6-4-5-7-16(15)19-14-9-8-12(2)10-13(14)11-17/h4-10,17H,3,11H2,1-2H3. The maximum atomic E-state index is 9.38. The third-order valence-corrected chi connectivity index (χ3v) is 2.76. The summed E-state index contributed by atoms with van der Waals surface area (Å²) in [4.78, 5) is 0. The Morgan fingerprint density at radius 2 is 1.74 bits per heavy atom. The molecule has 19 heavy (non-hydrogen) atoms. The Morgan fingerprint density at radius 1 is 1.00 bits per heavy atom. The quantitative estimate of drug-likeness (QED) is 0.889. The largest absolute Gasteiger partial charge is 0.490 e. The van der Waals surface area contributed by atoms with Gasteiger partial charge in [-0.05, 0) is 32.0 Å². The SMILES string of the molecule is CCOc1ccccc1Oc1ccc(C)cc1CO. The van der Waals surface area contributed by atoms with E-state index in [4.69, 9.17) is 9.47 Å². The van der Waals surface area contributed by atoms with Crippen LogP contribution < -0.4 is 9.47 Å². The number of benzene rings is 2. The highest BCUT2D eigenvalue weighted by Gasteiger charge is 2.08. The van der Waals surface area contributed by atoms with E-state index in [0.29, 0.717) is 23.9 Å². The number of aryl methyl sites for hydroxylation is 1. The zero-order valence-corrected chi connectivity index (χ0v) is 11.2. The molecule has 2 aromatic rings. The number of ether oxygens (including phenoxy) is 2. The van der Waals surface area contributed by atoms with Crippen LogP contribution in [0.1, 0.15) is 18.1 Å². The molecule has 2 rings (SSSR count). The van der Waals surface area contributed by atoms with E-state index in [1.807, 2.05) is 56.3 Å². The Hall–Kier alpha value is -2.00. The normalized spacial score (nSPS) is 10.3. The molecule has 0 saturated carbocycles. The maximum absolute atomic E-state index is 9.38. The smallest absolute Gasteiger partial charge is 0.169 e. The average Bonchev–Trinajstić information content (AvgIpc) is 2.43. The number of hydrogen-bond acceptors (Lipinski definition) is 3. The minimum atomic E-state index is -0.0478. The summed E-state index contributed by atoms with van der Waals surface area (Å²) in [7, 11) is 0. The summed E-state index contributed by atoms with van der Waals surface area (Å²) in [5.74, 6) is 2.01. The Bertz CT molecular complexity index is 549. The van der Waals surface area contributed by atoms with Gasteiger partial charge in [0.25, 0.3) is 0 Å². The van der Waals surface area contributed by atoms with E-state index in [9.17, 15) is 5.11 Å². The van der Waals surface area contributed by atoms with E-state index in [0.717, 1.165) is 11.1 Å². The van der Waals surface area contributed by atoms with E-state index in [1.54, 1.807) is 0 Å². The van der Waals surface area contributed by atoms with Crippen molar-refractivity contribution in [1.29, 1.82) is 0 Å². The Morgan fingerprint density at radius 3 is 2.42 bits per heavy atom. The van der Waals surface area contributed by atoms with Crippen LogP contribution in [0.2, 0.25) is 0 Å². The lowest BCUT2D eigenvalue weighted by atomic mass is 10.1. The van der Waals surface area contributed by atoms with Crippen LogP contribution in [0.3, 0.4) is 0 Å². The molecule has 0 atom stereocenters. The first-order chi connectivity index (χ1) is 9.24. The van der Waals surface area contributed by atoms with Crippen LogP contribution in [0.15, 0.2) is 42.5 Å². The number of hydrogen-bond donors (Lipinski definition) is 1. The third-order valence-electron chi connectivity index (χ3n) is 2.76. The van der Waals surface area contributed by atoms with Crippen molar-refractivity contribution in [2.75, 3.05) is 6.61 Å². The van der Waals surface area contributed by atoms with Crippen LogP contribution in [-0.4, -0.2) is 11.7 Å². The van der Waals surface area contributed by atoms with E-state index < -0.39 is 0 Å². The molecule has 0 aliphatic rings. The second-order valence-corrected chi connectivity index (χ2v) is 4.25. The van der Waals surface area contributed by atoms with Gasteiger partial charge in [-0.1, -0.05) is 29.8 Å². The van der Waals surface area contributed by atoms with Crippen LogP contribution in [-0.2, 0) is 6.61 Å². The van der Waals surface area contributed by atoms with Crippen molar-refractivity contribution in [2.45, 2.75) is 20.5 Å². The molecular formula is C16H18O3. The van der Waals surface area contributed by atoms with Crippen molar-refractivity contribution >= 4 is 0 Å². The lowest BCUT2D eigenvalue weighted by molar-refractivity contribution is 0.274. The lowest BCUT2D eigenvalue weighted by Gasteiger charge is -2.13. The molecule has 0 amide bonds. The maximum Gasteiger partial charge on any atom is 0.169 e. The molecule has 0 heterocycles. The summed E-state index contributed by atoms with van der Waals surface area (Å²) >= 11 is 0.